The third-order valence-electron chi connectivity index (χ3n) is 6.58. The zero-order chi connectivity index (χ0) is 29.0. The summed E-state index contributed by atoms with van der Waals surface area (Å²) in [6.45, 7) is -0.352. The number of rotatable bonds is 4. The van der Waals surface area contributed by atoms with Crippen molar-refractivity contribution in [1.29, 1.82) is 0 Å². The van der Waals surface area contributed by atoms with Gasteiger partial charge in [0.25, 0.3) is 11.5 Å². The summed E-state index contributed by atoms with van der Waals surface area (Å²) >= 11 is 1.53. The van der Waals surface area contributed by atoms with Crippen LogP contribution in [0.4, 0.5) is 30.7 Å². The lowest BCUT2D eigenvalue weighted by atomic mass is 9.94. The number of benzene rings is 3. The zero-order valence-corrected chi connectivity index (χ0v) is 21.5. The minimum atomic E-state index is -5.05. The summed E-state index contributed by atoms with van der Waals surface area (Å²) < 4.78 is 95.4. The lowest BCUT2D eigenvalue weighted by Gasteiger charge is -2.25. The van der Waals surface area contributed by atoms with Gasteiger partial charge in [-0.1, -0.05) is 24.3 Å². The topological polar surface area (TPSA) is 42.3 Å². The molecule has 2 heterocycles. The number of halogens is 7. The van der Waals surface area contributed by atoms with Crippen molar-refractivity contribution >= 4 is 28.6 Å². The number of pyridine rings is 1. The molecule has 12 heteroatoms. The third kappa shape index (κ3) is 5.07. The van der Waals surface area contributed by atoms with E-state index < -0.39 is 52.9 Å². The van der Waals surface area contributed by atoms with Crippen molar-refractivity contribution in [1.82, 2.24) is 9.47 Å². The largest absolute Gasteiger partial charge is 0.416 e. The number of aromatic nitrogens is 1. The first-order valence-corrected chi connectivity index (χ1v) is 12.9. The summed E-state index contributed by atoms with van der Waals surface area (Å²) in [7, 11) is 1.19. The molecule has 1 aliphatic rings. The standard InChI is InChI=1S/C28H19F7N2O2S/c1-36(14-15-11-17(27(30,31)32)13-18(12-15)28(33,34)35)25(38)23-22(16-5-7-19(29)8-6-16)20-3-2-4-21-24(20)37(26(23)39)9-10-40-21/h2-8,11-13H,9-10,14H2,1H3. The minimum absolute atomic E-state index is 0.00797. The van der Waals surface area contributed by atoms with E-state index in [4.69, 9.17) is 0 Å². The van der Waals surface area contributed by atoms with E-state index in [1.54, 1.807) is 12.1 Å². The fourth-order valence-electron chi connectivity index (χ4n) is 4.82. The molecule has 0 saturated heterocycles. The average Bonchev–Trinajstić information content (AvgIpc) is 2.89. The smallest absolute Gasteiger partial charge is 0.337 e. The van der Waals surface area contributed by atoms with Gasteiger partial charge in [0.15, 0.2) is 0 Å². The molecule has 0 fully saturated rings. The fourth-order valence-corrected chi connectivity index (χ4v) is 5.84. The SMILES string of the molecule is CN(Cc1cc(C(F)(F)F)cc(C(F)(F)F)c1)C(=O)c1c(-c2ccc(F)cc2)c2cccc3c2n(c1=O)CCS3. The van der Waals surface area contributed by atoms with Gasteiger partial charge in [0.2, 0.25) is 0 Å². The van der Waals surface area contributed by atoms with Gasteiger partial charge in [-0.3, -0.25) is 9.59 Å². The van der Waals surface area contributed by atoms with Crippen LogP contribution in [0.3, 0.4) is 0 Å². The first kappa shape index (κ1) is 27.8. The molecule has 1 amide bonds. The quantitative estimate of drug-likeness (QED) is 0.240. The molecule has 1 aliphatic heterocycles. The van der Waals surface area contributed by atoms with Gasteiger partial charge in [-0.05, 0) is 47.5 Å². The Balaban J connectivity index is 1.66. The number of hydrogen-bond donors (Lipinski definition) is 0. The van der Waals surface area contributed by atoms with Crippen LogP contribution in [0.15, 0.2) is 70.4 Å². The Morgan fingerprint density at radius 1 is 0.950 bits per heavy atom. The van der Waals surface area contributed by atoms with Crippen LogP contribution in [0.5, 0.6) is 0 Å². The predicted octanol–water partition coefficient (Wildman–Crippen LogP) is 7.22. The molecule has 3 aromatic carbocycles. The van der Waals surface area contributed by atoms with Gasteiger partial charge < -0.3 is 9.47 Å². The van der Waals surface area contributed by atoms with Crippen LogP contribution in [-0.4, -0.2) is 28.2 Å². The molecule has 0 aliphatic carbocycles. The molecule has 1 aromatic heterocycles. The van der Waals surface area contributed by atoms with Crippen LogP contribution < -0.4 is 5.56 Å². The number of nitrogens with zero attached hydrogens (tertiary/aromatic N) is 2. The van der Waals surface area contributed by atoms with Crippen molar-refractivity contribution in [2.75, 3.05) is 12.8 Å². The van der Waals surface area contributed by atoms with E-state index in [0.29, 0.717) is 34.4 Å². The number of thioether (sulfide) groups is 1. The highest BCUT2D eigenvalue weighted by Crippen LogP contribution is 2.39. The number of amides is 1. The van der Waals surface area contributed by atoms with Crippen LogP contribution in [0.1, 0.15) is 27.0 Å². The van der Waals surface area contributed by atoms with Gasteiger partial charge in [-0.2, -0.15) is 26.3 Å². The van der Waals surface area contributed by atoms with E-state index in [1.807, 2.05) is 6.07 Å². The van der Waals surface area contributed by atoms with Crippen molar-refractivity contribution < 1.29 is 35.5 Å². The molecule has 0 N–H and O–H groups in total. The fraction of sp³-hybridized carbons (Fsp3) is 0.214. The molecule has 40 heavy (non-hydrogen) atoms. The van der Waals surface area contributed by atoms with Crippen molar-refractivity contribution in [3.05, 3.63) is 99.1 Å². The maximum absolute atomic E-state index is 13.8. The highest BCUT2D eigenvalue weighted by molar-refractivity contribution is 7.99. The van der Waals surface area contributed by atoms with Crippen LogP contribution in [0.25, 0.3) is 22.0 Å². The third-order valence-corrected chi connectivity index (χ3v) is 7.61. The molecular weight excluding hydrogens is 561 g/mol. The van der Waals surface area contributed by atoms with Crippen LogP contribution in [-0.2, 0) is 25.4 Å². The van der Waals surface area contributed by atoms with Crippen molar-refractivity contribution in [3.8, 4) is 11.1 Å². The van der Waals surface area contributed by atoms with Gasteiger partial charge in [0.1, 0.15) is 11.4 Å². The zero-order valence-electron chi connectivity index (χ0n) is 20.7. The summed E-state index contributed by atoms with van der Waals surface area (Å²) in [5, 5.41) is 0.533. The van der Waals surface area contributed by atoms with E-state index in [2.05, 4.69) is 0 Å². The highest BCUT2D eigenvalue weighted by Gasteiger charge is 2.37. The first-order valence-electron chi connectivity index (χ1n) is 11.9. The number of carbonyl (C=O) groups is 1. The van der Waals surface area contributed by atoms with Crippen LogP contribution in [0.2, 0.25) is 0 Å². The summed E-state index contributed by atoms with van der Waals surface area (Å²) in [6, 6.07) is 11.5. The van der Waals surface area contributed by atoms with Crippen molar-refractivity contribution in [2.45, 2.75) is 30.3 Å². The first-order chi connectivity index (χ1) is 18.8. The predicted molar refractivity (Wildman–Crippen MR) is 137 cm³/mol. The molecule has 5 rings (SSSR count). The average molecular weight is 581 g/mol. The molecule has 208 valence electrons. The minimum Gasteiger partial charge on any atom is -0.337 e. The van der Waals surface area contributed by atoms with E-state index in [0.717, 1.165) is 21.9 Å². The van der Waals surface area contributed by atoms with Crippen molar-refractivity contribution in [2.24, 2.45) is 0 Å². The Kier molecular flexibility index (Phi) is 6.93. The molecular formula is C28H19F7N2O2S. The Hall–Kier alpha value is -3.80. The van der Waals surface area contributed by atoms with Crippen LogP contribution in [0, 0.1) is 5.82 Å². The maximum Gasteiger partial charge on any atom is 0.416 e. The van der Waals surface area contributed by atoms with E-state index >= 15 is 0 Å². The lowest BCUT2D eigenvalue weighted by Crippen LogP contribution is -2.36. The maximum atomic E-state index is 13.8. The summed E-state index contributed by atoms with van der Waals surface area (Å²) in [5.41, 5.74) is -3.25. The van der Waals surface area contributed by atoms with Crippen LogP contribution >= 0.6 is 11.8 Å². The number of aryl methyl sites for hydroxylation is 1. The molecule has 0 saturated carbocycles. The van der Waals surface area contributed by atoms with Crippen molar-refractivity contribution in [3.63, 3.8) is 0 Å². The number of para-hydroxylation sites is 1. The molecule has 0 bridgehead atoms. The normalized spacial score (nSPS) is 13.5. The summed E-state index contributed by atoms with van der Waals surface area (Å²) in [5.74, 6) is -0.895. The highest BCUT2D eigenvalue weighted by atomic mass is 32.2. The molecule has 0 radical (unpaired) electrons. The number of alkyl halides is 6. The van der Waals surface area contributed by atoms with E-state index in [1.165, 1.54) is 35.5 Å². The number of carbonyl (C=O) groups excluding carboxylic acids is 1. The molecule has 0 atom stereocenters. The van der Waals surface area contributed by atoms with Gasteiger partial charge in [0, 0.05) is 41.7 Å². The molecule has 4 nitrogen and oxygen atoms in total. The Morgan fingerprint density at radius 3 is 2.17 bits per heavy atom. The summed E-state index contributed by atoms with van der Waals surface area (Å²) in [6.07, 6.45) is -10.1. The second kappa shape index (κ2) is 9.99. The van der Waals surface area contributed by atoms with Gasteiger partial charge in [0.05, 0.1) is 16.6 Å². The van der Waals surface area contributed by atoms with Gasteiger partial charge >= 0.3 is 12.4 Å². The Labute approximate surface area is 227 Å². The van der Waals surface area contributed by atoms with Gasteiger partial charge in [-0.25, -0.2) is 4.39 Å². The summed E-state index contributed by atoms with van der Waals surface area (Å²) in [4.78, 5) is 29.3. The molecule has 0 unspecified atom stereocenters. The molecule has 0 spiro atoms. The van der Waals surface area contributed by atoms with E-state index in [9.17, 15) is 40.3 Å². The Bertz CT molecular complexity index is 1660. The Morgan fingerprint density at radius 2 is 1.57 bits per heavy atom. The number of hydrogen-bond acceptors (Lipinski definition) is 3. The molecule has 4 aromatic rings. The van der Waals surface area contributed by atoms with E-state index in [-0.39, 0.29) is 23.7 Å². The second-order valence-corrected chi connectivity index (χ2v) is 10.4. The lowest BCUT2D eigenvalue weighted by molar-refractivity contribution is -0.143. The monoisotopic (exact) mass is 580 g/mol. The van der Waals surface area contributed by atoms with Gasteiger partial charge in [-0.15, -0.1) is 11.8 Å². The second-order valence-electron chi connectivity index (χ2n) is 9.29.